The molecular weight excluding hydrogens is 350 g/mol. The molecule has 0 saturated carbocycles. The summed E-state index contributed by atoms with van der Waals surface area (Å²) in [5.41, 5.74) is 2.52. The third kappa shape index (κ3) is 3.83. The first kappa shape index (κ1) is 17.9. The van der Waals surface area contributed by atoms with E-state index in [2.05, 4.69) is 10.3 Å². The van der Waals surface area contributed by atoms with Crippen molar-refractivity contribution in [3.05, 3.63) is 81.2 Å². The summed E-state index contributed by atoms with van der Waals surface area (Å²) in [5.74, 6) is 0.147. The molecule has 0 aliphatic carbocycles. The Morgan fingerprint density at radius 2 is 1.85 bits per heavy atom. The molecule has 5 nitrogen and oxygen atoms in total. The van der Waals surface area contributed by atoms with Crippen LogP contribution in [0.2, 0.25) is 5.02 Å². The molecule has 1 N–H and O–H groups in total. The molecule has 0 radical (unpaired) electrons. The number of rotatable bonds is 4. The Labute approximate surface area is 156 Å². The van der Waals surface area contributed by atoms with E-state index < -0.39 is 0 Å². The van der Waals surface area contributed by atoms with Crippen molar-refractivity contribution in [1.82, 2.24) is 9.55 Å². The summed E-state index contributed by atoms with van der Waals surface area (Å²) in [4.78, 5) is 29.4. The van der Waals surface area contributed by atoms with Crippen LogP contribution in [0.1, 0.15) is 11.3 Å². The van der Waals surface area contributed by atoms with Crippen LogP contribution < -0.4 is 10.9 Å². The number of carbonyl (C=O) groups excluding carboxylic acids is 1. The molecule has 1 heterocycles. The van der Waals surface area contributed by atoms with Gasteiger partial charge in [-0.2, -0.15) is 0 Å². The van der Waals surface area contributed by atoms with Gasteiger partial charge < -0.3 is 5.32 Å². The van der Waals surface area contributed by atoms with Crippen LogP contribution in [0, 0.1) is 13.8 Å². The van der Waals surface area contributed by atoms with Crippen molar-refractivity contribution in [1.29, 1.82) is 0 Å². The van der Waals surface area contributed by atoms with Crippen molar-refractivity contribution in [2.45, 2.75) is 20.4 Å². The number of amides is 1. The highest BCUT2D eigenvalue weighted by Crippen LogP contribution is 2.23. The number of nitrogens with zero attached hydrogens (tertiary/aromatic N) is 2. The number of hydrogen-bond donors (Lipinski definition) is 1. The average Bonchev–Trinajstić information content (AvgIpc) is 2.62. The molecule has 1 aromatic heterocycles. The molecule has 3 aromatic rings. The Hall–Kier alpha value is -2.92. The Balaban J connectivity index is 1.93. The smallest absolute Gasteiger partial charge is 0.254 e. The minimum atomic E-state index is -0.319. The third-order valence-corrected chi connectivity index (χ3v) is 4.42. The summed E-state index contributed by atoms with van der Waals surface area (Å²) in [6, 6.07) is 16.0. The Bertz CT molecular complexity index is 1010. The Morgan fingerprint density at radius 1 is 1.12 bits per heavy atom. The Kier molecular flexibility index (Phi) is 5.19. The molecular formula is C20H18ClN3O2. The van der Waals surface area contributed by atoms with E-state index in [1.165, 1.54) is 10.6 Å². The SMILES string of the molecule is Cc1cc(=O)n(CC(=O)Nc2cccc(Cl)c2C)c(-c2ccccc2)n1. The highest BCUT2D eigenvalue weighted by molar-refractivity contribution is 6.31. The minimum Gasteiger partial charge on any atom is -0.324 e. The van der Waals surface area contributed by atoms with E-state index >= 15 is 0 Å². The monoisotopic (exact) mass is 367 g/mol. The van der Waals surface area contributed by atoms with Gasteiger partial charge in [0.2, 0.25) is 5.91 Å². The second kappa shape index (κ2) is 7.54. The molecule has 6 heteroatoms. The van der Waals surface area contributed by atoms with Crippen LogP contribution in [0.15, 0.2) is 59.4 Å². The zero-order valence-corrected chi connectivity index (χ0v) is 15.2. The van der Waals surface area contributed by atoms with Gasteiger partial charge in [0.25, 0.3) is 5.56 Å². The van der Waals surface area contributed by atoms with E-state index in [0.29, 0.717) is 22.2 Å². The molecule has 132 valence electrons. The van der Waals surface area contributed by atoms with Gasteiger partial charge in [0.15, 0.2) is 0 Å². The minimum absolute atomic E-state index is 0.137. The molecule has 0 atom stereocenters. The number of aryl methyl sites for hydroxylation is 1. The van der Waals surface area contributed by atoms with E-state index in [9.17, 15) is 9.59 Å². The summed E-state index contributed by atoms with van der Waals surface area (Å²) in [7, 11) is 0. The van der Waals surface area contributed by atoms with Crippen LogP contribution >= 0.6 is 11.6 Å². The molecule has 1 amide bonds. The van der Waals surface area contributed by atoms with Gasteiger partial charge >= 0.3 is 0 Å². The standard InChI is InChI=1S/C20H18ClN3O2/c1-13-11-19(26)24(20(22-13)15-7-4-3-5-8-15)12-18(25)23-17-10-6-9-16(21)14(17)2/h3-11H,12H2,1-2H3,(H,23,25). The molecule has 0 bridgehead atoms. The summed E-state index contributed by atoms with van der Waals surface area (Å²) in [6.45, 7) is 3.45. The van der Waals surface area contributed by atoms with Crippen LogP contribution in [0.5, 0.6) is 0 Å². The second-order valence-corrected chi connectivity index (χ2v) is 6.38. The summed E-state index contributed by atoms with van der Waals surface area (Å²) >= 11 is 6.09. The van der Waals surface area contributed by atoms with E-state index in [1.54, 1.807) is 25.1 Å². The van der Waals surface area contributed by atoms with Crippen molar-refractivity contribution in [2.75, 3.05) is 5.32 Å². The fourth-order valence-electron chi connectivity index (χ4n) is 2.66. The highest BCUT2D eigenvalue weighted by Gasteiger charge is 2.14. The van der Waals surface area contributed by atoms with Gasteiger partial charge in [0.1, 0.15) is 12.4 Å². The molecule has 0 saturated heterocycles. The van der Waals surface area contributed by atoms with Crippen LogP contribution in [-0.4, -0.2) is 15.5 Å². The van der Waals surface area contributed by atoms with Gasteiger partial charge in [0.05, 0.1) is 0 Å². The topological polar surface area (TPSA) is 64.0 Å². The lowest BCUT2D eigenvalue weighted by Crippen LogP contribution is -2.29. The van der Waals surface area contributed by atoms with Gasteiger partial charge in [0, 0.05) is 28.0 Å². The van der Waals surface area contributed by atoms with Crippen LogP contribution in [0.25, 0.3) is 11.4 Å². The van der Waals surface area contributed by atoms with Crippen molar-refractivity contribution >= 4 is 23.2 Å². The first-order valence-corrected chi connectivity index (χ1v) is 8.52. The van der Waals surface area contributed by atoms with Gasteiger partial charge in [-0.3, -0.25) is 14.2 Å². The van der Waals surface area contributed by atoms with Gasteiger partial charge in [-0.25, -0.2) is 4.98 Å². The molecule has 26 heavy (non-hydrogen) atoms. The van der Waals surface area contributed by atoms with Crippen LogP contribution in [0.4, 0.5) is 5.69 Å². The molecule has 0 aliphatic heterocycles. The van der Waals surface area contributed by atoms with E-state index in [1.807, 2.05) is 37.3 Å². The number of anilines is 1. The third-order valence-electron chi connectivity index (χ3n) is 4.01. The molecule has 0 aliphatic rings. The van der Waals surface area contributed by atoms with Crippen LogP contribution in [-0.2, 0) is 11.3 Å². The normalized spacial score (nSPS) is 10.6. The molecule has 0 fully saturated rings. The predicted octanol–water partition coefficient (Wildman–Crippen LogP) is 3.82. The predicted molar refractivity (Wildman–Crippen MR) is 103 cm³/mol. The van der Waals surface area contributed by atoms with Gasteiger partial charge in [-0.1, -0.05) is 48.0 Å². The lowest BCUT2D eigenvalue weighted by Gasteiger charge is -2.14. The maximum atomic E-state index is 12.5. The van der Waals surface area contributed by atoms with Crippen molar-refractivity contribution < 1.29 is 4.79 Å². The highest BCUT2D eigenvalue weighted by atomic mass is 35.5. The Morgan fingerprint density at radius 3 is 2.58 bits per heavy atom. The average molecular weight is 368 g/mol. The zero-order chi connectivity index (χ0) is 18.7. The molecule has 0 unspecified atom stereocenters. The first-order valence-electron chi connectivity index (χ1n) is 8.14. The van der Waals surface area contributed by atoms with E-state index in [4.69, 9.17) is 11.6 Å². The molecule has 2 aromatic carbocycles. The second-order valence-electron chi connectivity index (χ2n) is 5.97. The number of benzene rings is 2. The molecule has 0 spiro atoms. The maximum Gasteiger partial charge on any atom is 0.254 e. The van der Waals surface area contributed by atoms with Crippen molar-refractivity contribution in [3.8, 4) is 11.4 Å². The number of carbonyl (C=O) groups is 1. The zero-order valence-electron chi connectivity index (χ0n) is 14.5. The van der Waals surface area contributed by atoms with Crippen LogP contribution in [0.3, 0.4) is 0 Å². The number of halogens is 1. The quantitative estimate of drug-likeness (QED) is 0.762. The van der Waals surface area contributed by atoms with E-state index in [0.717, 1.165) is 11.1 Å². The lowest BCUT2D eigenvalue weighted by molar-refractivity contribution is -0.116. The maximum absolute atomic E-state index is 12.5. The van der Waals surface area contributed by atoms with E-state index in [-0.39, 0.29) is 18.0 Å². The van der Waals surface area contributed by atoms with Gasteiger partial charge in [-0.15, -0.1) is 0 Å². The fraction of sp³-hybridized carbons (Fsp3) is 0.150. The fourth-order valence-corrected chi connectivity index (χ4v) is 2.83. The summed E-state index contributed by atoms with van der Waals surface area (Å²) in [5, 5.41) is 3.38. The first-order chi connectivity index (χ1) is 12.5. The summed E-state index contributed by atoms with van der Waals surface area (Å²) in [6.07, 6.45) is 0. The lowest BCUT2D eigenvalue weighted by atomic mass is 10.2. The number of hydrogen-bond acceptors (Lipinski definition) is 3. The summed E-state index contributed by atoms with van der Waals surface area (Å²) < 4.78 is 1.37. The molecule has 3 rings (SSSR count). The largest absolute Gasteiger partial charge is 0.324 e. The van der Waals surface area contributed by atoms with Crippen molar-refractivity contribution in [3.63, 3.8) is 0 Å². The van der Waals surface area contributed by atoms with Gasteiger partial charge in [-0.05, 0) is 31.5 Å². The number of aromatic nitrogens is 2. The number of nitrogens with one attached hydrogen (secondary N) is 1. The van der Waals surface area contributed by atoms with Crippen molar-refractivity contribution in [2.24, 2.45) is 0 Å².